The van der Waals surface area contributed by atoms with Gasteiger partial charge >= 0.3 is 0 Å². The highest BCUT2D eigenvalue weighted by Gasteiger charge is 2.49. The van der Waals surface area contributed by atoms with E-state index < -0.39 is 32.7 Å². The number of piperazine rings is 1. The molecule has 5 aliphatic rings. The van der Waals surface area contributed by atoms with E-state index in [1.165, 1.54) is 31.4 Å². The number of halogens is 1. The van der Waals surface area contributed by atoms with Gasteiger partial charge in [0.15, 0.2) is 0 Å². The second-order valence-corrected chi connectivity index (χ2v) is 18.7. The monoisotopic (exact) mass is 780 g/mol. The van der Waals surface area contributed by atoms with Gasteiger partial charge in [-0.2, -0.15) is 0 Å². The van der Waals surface area contributed by atoms with Crippen LogP contribution in [0.25, 0.3) is 0 Å². The maximum absolute atomic E-state index is 13.8. The standard InChI is InChI=1S/C42H57ClN4O6S/c1-30-8-7-18-42(52-2,29-45-21-22-46-19-6-4-10-36(46)27-45)37-15-12-33(37)26-47-20-5-3-9-31-24-35(43)14-11-34(31)28-53-39-16-13-32(25-38(39)47)41(49)44-54(50,51)40(30)17-23-48/h7,11,13-14,16,18,23-25,30,33,36-37,40H,3-6,8-10,12,15,17,19-22,26-29H2,1-2H3,(H,44,49)/b18-7+/t30?,33-,36+,37?,40?,42-/m0/s1. The molecule has 1 N–H and O–H groups in total. The van der Waals surface area contributed by atoms with Crippen LogP contribution >= 0.6 is 11.6 Å². The number of piperidine rings is 1. The number of aldehydes is 1. The molecule has 2 aromatic rings. The third-order valence-electron chi connectivity index (χ3n) is 13.0. The molecule has 2 bridgehead atoms. The molecular formula is C42H57ClN4O6S. The van der Waals surface area contributed by atoms with Gasteiger partial charge in [0.1, 0.15) is 24.2 Å². The molecule has 3 fully saturated rings. The summed E-state index contributed by atoms with van der Waals surface area (Å²) in [5.41, 5.74) is 2.69. The lowest BCUT2D eigenvalue weighted by atomic mass is 9.63. The van der Waals surface area contributed by atoms with E-state index in [1.807, 2.05) is 32.2 Å². The molecule has 4 heterocycles. The van der Waals surface area contributed by atoms with Gasteiger partial charge in [0.05, 0.1) is 10.9 Å². The fourth-order valence-corrected chi connectivity index (χ4v) is 11.5. The number of sulfonamides is 1. The van der Waals surface area contributed by atoms with Crippen LogP contribution in [0.2, 0.25) is 5.02 Å². The summed E-state index contributed by atoms with van der Waals surface area (Å²) in [6.45, 7) is 8.74. The van der Waals surface area contributed by atoms with Crippen molar-refractivity contribution in [2.24, 2.45) is 17.8 Å². The summed E-state index contributed by atoms with van der Waals surface area (Å²) in [7, 11) is -2.37. The van der Waals surface area contributed by atoms with Crippen molar-refractivity contribution in [3.63, 3.8) is 0 Å². The zero-order chi connectivity index (χ0) is 37.9. The summed E-state index contributed by atoms with van der Waals surface area (Å²) in [6.07, 6.45) is 13.8. The van der Waals surface area contributed by atoms with Gasteiger partial charge in [-0.25, -0.2) is 13.1 Å². The minimum absolute atomic E-state index is 0.206. The molecule has 4 aliphatic heterocycles. The number of nitrogens with one attached hydrogen (secondary N) is 1. The second-order valence-electron chi connectivity index (χ2n) is 16.3. The molecule has 3 unspecified atom stereocenters. The maximum atomic E-state index is 13.8. The van der Waals surface area contributed by atoms with Crippen LogP contribution in [0.4, 0.5) is 5.69 Å². The first kappa shape index (κ1) is 39.3. The van der Waals surface area contributed by atoms with Crippen molar-refractivity contribution in [2.45, 2.75) is 94.6 Å². The van der Waals surface area contributed by atoms with Gasteiger partial charge in [-0.1, -0.05) is 43.2 Å². The zero-order valence-electron chi connectivity index (χ0n) is 31.9. The Morgan fingerprint density at radius 1 is 1.00 bits per heavy atom. The summed E-state index contributed by atoms with van der Waals surface area (Å²) in [5.74, 6) is 0.0729. The minimum atomic E-state index is -4.20. The van der Waals surface area contributed by atoms with Crippen LogP contribution in [-0.4, -0.2) is 100 Å². The van der Waals surface area contributed by atoms with E-state index in [-0.39, 0.29) is 17.9 Å². The van der Waals surface area contributed by atoms with Crippen molar-refractivity contribution < 1.29 is 27.5 Å². The first-order valence-corrected chi connectivity index (χ1v) is 22.0. The number of carbonyl (C=O) groups is 2. The Bertz CT molecular complexity index is 1810. The smallest absolute Gasteiger partial charge is 0.264 e. The zero-order valence-corrected chi connectivity index (χ0v) is 33.5. The van der Waals surface area contributed by atoms with Crippen molar-refractivity contribution in [1.82, 2.24) is 14.5 Å². The Balaban J connectivity index is 1.27. The molecule has 2 aromatic carbocycles. The molecule has 2 saturated heterocycles. The SMILES string of the molecule is CO[C@]1(CN2CCN3CCCC[C@@H]3C2)/C=C/CC(C)C(CC=O)S(=O)(=O)NC(=O)c2ccc3c(c2)N(CCCCc2cc(Cl)ccc2CO3)C[C@@H]2CCC21. The summed E-state index contributed by atoms with van der Waals surface area (Å²) >= 11 is 6.41. The fourth-order valence-electron chi connectivity index (χ4n) is 9.74. The molecule has 7 rings (SSSR count). The first-order chi connectivity index (χ1) is 26.1. The Morgan fingerprint density at radius 2 is 1.85 bits per heavy atom. The number of rotatable bonds is 5. The summed E-state index contributed by atoms with van der Waals surface area (Å²) in [6, 6.07) is 11.7. The van der Waals surface area contributed by atoms with Crippen molar-refractivity contribution in [3.8, 4) is 5.75 Å². The molecule has 294 valence electrons. The van der Waals surface area contributed by atoms with E-state index in [9.17, 15) is 18.0 Å². The molecule has 1 amide bonds. The molecule has 0 spiro atoms. The van der Waals surface area contributed by atoms with Crippen molar-refractivity contribution in [2.75, 3.05) is 57.8 Å². The molecule has 12 heteroatoms. The number of hydrogen-bond donors (Lipinski definition) is 1. The summed E-state index contributed by atoms with van der Waals surface area (Å²) in [4.78, 5) is 33.2. The summed E-state index contributed by atoms with van der Waals surface area (Å²) < 4.78 is 43.2. The van der Waals surface area contributed by atoms with Gasteiger partial charge in [-0.05, 0) is 117 Å². The van der Waals surface area contributed by atoms with E-state index in [0.29, 0.717) is 42.0 Å². The van der Waals surface area contributed by atoms with Gasteiger partial charge in [0, 0.05) is 69.4 Å². The molecule has 0 radical (unpaired) electrons. The molecule has 54 heavy (non-hydrogen) atoms. The molecular weight excluding hydrogens is 724 g/mol. The number of aryl methyl sites for hydroxylation is 1. The Labute approximate surface area is 326 Å². The van der Waals surface area contributed by atoms with Gasteiger partial charge in [0.2, 0.25) is 10.0 Å². The Hall–Kier alpha value is -2.96. The number of benzene rings is 2. The van der Waals surface area contributed by atoms with Gasteiger partial charge in [0.25, 0.3) is 5.91 Å². The third kappa shape index (κ3) is 8.55. The number of nitrogens with zero attached hydrogens (tertiary/aromatic N) is 3. The number of hydrogen-bond acceptors (Lipinski definition) is 9. The van der Waals surface area contributed by atoms with Gasteiger partial charge < -0.3 is 19.2 Å². The average Bonchev–Trinajstić information content (AvgIpc) is 3.17. The number of anilines is 1. The Morgan fingerprint density at radius 3 is 2.65 bits per heavy atom. The van der Waals surface area contributed by atoms with Crippen LogP contribution in [0.1, 0.15) is 86.2 Å². The largest absolute Gasteiger partial charge is 0.487 e. The van der Waals surface area contributed by atoms with Crippen LogP contribution in [0.3, 0.4) is 0 Å². The number of carbonyl (C=O) groups excluding carboxylic acids is 2. The maximum Gasteiger partial charge on any atom is 0.264 e. The third-order valence-corrected chi connectivity index (χ3v) is 15.2. The predicted molar refractivity (Wildman–Crippen MR) is 213 cm³/mol. The van der Waals surface area contributed by atoms with E-state index in [4.69, 9.17) is 21.1 Å². The van der Waals surface area contributed by atoms with Crippen LogP contribution in [-0.2, 0) is 32.6 Å². The normalized spacial score (nSPS) is 31.6. The van der Waals surface area contributed by atoms with Crippen LogP contribution in [0, 0.1) is 17.8 Å². The average molecular weight is 781 g/mol. The first-order valence-electron chi connectivity index (χ1n) is 20.1. The van der Waals surface area contributed by atoms with E-state index in [0.717, 1.165) is 82.6 Å². The van der Waals surface area contributed by atoms with E-state index >= 15 is 0 Å². The van der Waals surface area contributed by atoms with E-state index in [2.05, 4.69) is 31.6 Å². The van der Waals surface area contributed by atoms with Crippen molar-refractivity contribution >= 4 is 39.5 Å². The molecule has 10 nitrogen and oxygen atoms in total. The lowest BCUT2D eigenvalue weighted by Gasteiger charge is -2.53. The number of amides is 1. The molecule has 1 saturated carbocycles. The quantitative estimate of drug-likeness (QED) is 0.278. The second kappa shape index (κ2) is 17.0. The van der Waals surface area contributed by atoms with Crippen molar-refractivity contribution in [1.29, 1.82) is 0 Å². The Kier molecular flexibility index (Phi) is 12.4. The molecule has 0 aromatic heterocycles. The fraction of sp³-hybridized carbons (Fsp3) is 0.619. The molecule has 1 aliphatic carbocycles. The highest BCUT2D eigenvalue weighted by molar-refractivity contribution is 7.90. The van der Waals surface area contributed by atoms with Gasteiger partial charge in [-0.15, -0.1) is 0 Å². The number of ether oxygens (including phenoxy) is 2. The number of allylic oxidation sites excluding steroid dienone is 1. The minimum Gasteiger partial charge on any atom is -0.487 e. The number of fused-ring (bicyclic) bond motifs is 4. The van der Waals surface area contributed by atoms with Crippen LogP contribution < -0.4 is 14.4 Å². The van der Waals surface area contributed by atoms with Crippen molar-refractivity contribution in [3.05, 3.63) is 70.3 Å². The lowest BCUT2D eigenvalue weighted by Crippen LogP contribution is -2.61. The summed E-state index contributed by atoms with van der Waals surface area (Å²) in [5, 5.41) is -0.365. The lowest BCUT2D eigenvalue weighted by molar-refractivity contribution is -0.108. The highest BCUT2D eigenvalue weighted by atomic mass is 35.5. The molecule has 6 atom stereocenters. The van der Waals surface area contributed by atoms with Crippen LogP contribution in [0.5, 0.6) is 5.75 Å². The van der Waals surface area contributed by atoms with E-state index in [1.54, 1.807) is 18.2 Å². The van der Waals surface area contributed by atoms with Crippen LogP contribution in [0.15, 0.2) is 48.6 Å². The van der Waals surface area contributed by atoms with Gasteiger partial charge in [-0.3, -0.25) is 14.6 Å². The predicted octanol–water partition coefficient (Wildman–Crippen LogP) is 6.26. The highest BCUT2D eigenvalue weighted by Crippen LogP contribution is 2.47. The number of methoxy groups -OCH3 is 1. The topological polar surface area (TPSA) is 108 Å².